The number of methoxy groups -OCH3 is 1. The number of ether oxygens (including phenoxy) is 1. The van der Waals surface area contributed by atoms with Gasteiger partial charge in [0, 0.05) is 51.4 Å². The molecule has 0 N–H and O–H groups in total. The number of benzene rings is 1. The molecule has 2 aromatic rings. The Kier molecular flexibility index (Phi) is 6.32. The number of nitrogens with zero attached hydrogens (tertiary/aromatic N) is 4. The van der Waals surface area contributed by atoms with Gasteiger partial charge in [0.15, 0.2) is 0 Å². The molecule has 0 radical (unpaired) electrons. The maximum absolute atomic E-state index is 12.5. The van der Waals surface area contributed by atoms with Gasteiger partial charge in [-0.1, -0.05) is 12.1 Å². The topological polar surface area (TPSA) is 50.6 Å². The molecule has 2 heterocycles. The fraction of sp³-hybridized carbons (Fsp3) is 0.474. The van der Waals surface area contributed by atoms with E-state index in [4.69, 9.17) is 4.74 Å². The van der Waals surface area contributed by atoms with E-state index >= 15 is 0 Å². The van der Waals surface area contributed by atoms with Crippen LogP contribution < -0.4 is 4.74 Å². The van der Waals surface area contributed by atoms with Crippen molar-refractivity contribution in [1.29, 1.82) is 0 Å². The standard InChI is InChI=1S/C19H25BrN4O2/c1-15-18(20)13-21-24(15)7-6-19(25)23-10-8-22(9-11-23)14-16-4-3-5-17(12-16)26-2/h3-5,12-13H,6-11,14H2,1-2H3. The maximum Gasteiger partial charge on any atom is 0.224 e. The number of rotatable bonds is 6. The number of halogens is 1. The highest BCUT2D eigenvalue weighted by atomic mass is 79.9. The van der Waals surface area contributed by atoms with Crippen molar-refractivity contribution in [1.82, 2.24) is 19.6 Å². The molecule has 26 heavy (non-hydrogen) atoms. The SMILES string of the molecule is COc1cccc(CN2CCN(C(=O)CCn3ncc(Br)c3C)CC2)c1. The van der Waals surface area contributed by atoms with Crippen LogP contribution in [0.4, 0.5) is 0 Å². The largest absolute Gasteiger partial charge is 0.497 e. The number of piperazine rings is 1. The first-order chi connectivity index (χ1) is 12.6. The summed E-state index contributed by atoms with van der Waals surface area (Å²) in [4.78, 5) is 16.8. The lowest BCUT2D eigenvalue weighted by molar-refractivity contribution is -0.133. The molecule has 3 rings (SSSR count). The fourth-order valence-electron chi connectivity index (χ4n) is 3.19. The molecule has 0 bridgehead atoms. The Bertz CT molecular complexity index is 754. The molecule has 1 aromatic heterocycles. The van der Waals surface area contributed by atoms with Crippen LogP contribution in [0.3, 0.4) is 0 Å². The summed E-state index contributed by atoms with van der Waals surface area (Å²) in [5.41, 5.74) is 2.30. The van der Waals surface area contributed by atoms with Crippen LogP contribution >= 0.6 is 15.9 Å². The summed E-state index contributed by atoms with van der Waals surface area (Å²) in [6.45, 7) is 6.87. The second kappa shape index (κ2) is 8.68. The summed E-state index contributed by atoms with van der Waals surface area (Å²) in [6.07, 6.45) is 2.27. The second-order valence-corrected chi connectivity index (χ2v) is 7.41. The van der Waals surface area contributed by atoms with Crippen LogP contribution in [0.15, 0.2) is 34.9 Å². The molecule has 1 aliphatic heterocycles. The Morgan fingerprint density at radius 3 is 2.69 bits per heavy atom. The number of carbonyl (C=O) groups excluding carboxylic acids is 1. The first-order valence-corrected chi connectivity index (χ1v) is 9.67. The van der Waals surface area contributed by atoms with Crippen LogP contribution in [0.25, 0.3) is 0 Å². The summed E-state index contributed by atoms with van der Waals surface area (Å²) in [6, 6.07) is 8.16. The van der Waals surface area contributed by atoms with Crippen molar-refractivity contribution >= 4 is 21.8 Å². The van der Waals surface area contributed by atoms with E-state index in [0.717, 1.165) is 48.6 Å². The molecule has 0 aliphatic carbocycles. The van der Waals surface area contributed by atoms with E-state index in [2.05, 4.69) is 38.1 Å². The molecule has 1 aliphatic rings. The van der Waals surface area contributed by atoms with Crippen molar-refractivity contribution in [2.24, 2.45) is 0 Å². The zero-order valence-corrected chi connectivity index (χ0v) is 16.9. The number of hydrogen-bond acceptors (Lipinski definition) is 4. The van der Waals surface area contributed by atoms with E-state index in [-0.39, 0.29) is 5.91 Å². The number of amides is 1. The zero-order valence-electron chi connectivity index (χ0n) is 15.3. The number of carbonyl (C=O) groups is 1. The molecule has 0 spiro atoms. The van der Waals surface area contributed by atoms with E-state index in [1.54, 1.807) is 13.3 Å². The molecular formula is C19H25BrN4O2. The van der Waals surface area contributed by atoms with Gasteiger partial charge in [-0.2, -0.15) is 5.10 Å². The Morgan fingerprint density at radius 1 is 1.27 bits per heavy atom. The number of hydrogen-bond donors (Lipinski definition) is 0. The molecule has 7 heteroatoms. The Hall–Kier alpha value is -1.86. The molecule has 0 saturated carbocycles. The lowest BCUT2D eigenvalue weighted by atomic mass is 10.2. The molecular weight excluding hydrogens is 396 g/mol. The van der Waals surface area contributed by atoms with Crippen LogP contribution in [0.2, 0.25) is 0 Å². The highest BCUT2D eigenvalue weighted by molar-refractivity contribution is 9.10. The van der Waals surface area contributed by atoms with Gasteiger partial charge in [-0.05, 0) is 40.5 Å². The highest BCUT2D eigenvalue weighted by Crippen LogP contribution is 2.17. The fourth-order valence-corrected chi connectivity index (χ4v) is 3.49. The number of aryl methyl sites for hydroxylation is 1. The van der Waals surface area contributed by atoms with E-state index in [1.165, 1.54) is 5.56 Å². The van der Waals surface area contributed by atoms with E-state index in [9.17, 15) is 4.79 Å². The van der Waals surface area contributed by atoms with Gasteiger partial charge >= 0.3 is 0 Å². The lowest BCUT2D eigenvalue weighted by Crippen LogP contribution is -2.48. The van der Waals surface area contributed by atoms with Gasteiger partial charge in [-0.15, -0.1) is 0 Å². The third kappa shape index (κ3) is 4.65. The minimum Gasteiger partial charge on any atom is -0.497 e. The zero-order chi connectivity index (χ0) is 18.5. The van der Waals surface area contributed by atoms with E-state index in [0.29, 0.717) is 13.0 Å². The summed E-state index contributed by atoms with van der Waals surface area (Å²) in [5, 5.41) is 4.29. The first-order valence-electron chi connectivity index (χ1n) is 8.88. The predicted molar refractivity (Wildman–Crippen MR) is 104 cm³/mol. The molecule has 6 nitrogen and oxygen atoms in total. The van der Waals surface area contributed by atoms with Gasteiger partial charge in [0.2, 0.25) is 5.91 Å². The van der Waals surface area contributed by atoms with Crippen molar-refractivity contribution in [2.75, 3.05) is 33.3 Å². The summed E-state index contributed by atoms with van der Waals surface area (Å²) in [5.74, 6) is 1.09. The Balaban J connectivity index is 1.45. The monoisotopic (exact) mass is 420 g/mol. The van der Waals surface area contributed by atoms with Gasteiger partial charge in [0.05, 0.1) is 17.8 Å². The molecule has 140 valence electrons. The quantitative estimate of drug-likeness (QED) is 0.720. The van der Waals surface area contributed by atoms with Gasteiger partial charge in [-0.3, -0.25) is 14.4 Å². The van der Waals surface area contributed by atoms with Crippen LogP contribution in [-0.4, -0.2) is 58.8 Å². The summed E-state index contributed by atoms with van der Waals surface area (Å²) >= 11 is 3.45. The third-order valence-corrected chi connectivity index (χ3v) is 5.62. The highest BCUT2D eigenvalue weighted by Gasteiger charge is 2.21. The second-order valence-electron chi connectivity index (χ2n) is 6.56. The Morgan fingerprint density at radius 2 is 2.04 bits per heavy atom. The van der Waals surface area contributed by atoms with Crippen molar-refractivity contribution in [2.45, 2.75) is 26.4 Å². The molecule has 0 unspecified atom stereocenters. The van der Waals surface area contributed by atoms with Crippen LogP contribution in [0.5, 0.6) is 5.75 Å². The van der Waals surface area contributed by atoms with Gasteiger partial charge < -0.3 is 9.64 Å². The summed E-state index contributed by atoms with van der Waals surface area (Å²) < 4.78 is 8.14. The number of aromatic nitrogens is 2. The predicted octanol–water partition coefficient (Wildman–Crippen LogP) is 2.70. The van der Waals surface area contributed by atoms with Crippen LogP contribution in [0, 0.1) is 6.92 Å². The first kappa shape index (κ1) is 18.9. The van der Waals surface area contributed by atoms with Crippen molar-refractivity contribution in [3.8, 4) is 5.75 Å². The summed E-state index contributed by atoms with van der Waals surface area (Å²) in [7, 11) is 1.69. The smallest absolute Gasteiger partial charge is 0.224 e. The van der Waals surface area contributed by atoms with Gasteiger partial charge in [0.25, 0.3) is 0 Å². The van der Waals surface area contributed by atoms with Crippen molar-refractivity contribution in [3.05, 3.63) is 46.2 Å². The maximum atomic E-state index is 12.5. The van der Waals surface area contributed by atoms with Gasteiger partial charge in [-0.25, -0.2) is 0 Å². The molecule has 1 amide bonds. The average Bonchev–Trinajstić information content (AvgIpc) is 2.99. The third-order valence-electron chi connectivity index (χ3n) is 4.85. The Labute approximate surface area is 162 Å². The molecule has 1 aromatic carbocycles. The van der Waals surface area contributed by atoms with E-state index < -0.39 is 0 Å². The normalized spacial score (nSPS) is 15.3. The average molecular weight is 421 g/mol. The minimum absolute atomic E-state index is 0.206. The minimum atomic E-state index is 0.206. The molecule has 1 fully saturated rings. The van der Waals surface area contributed by atoms with Crippen LogP contribution in [0.1, 0.15) is 17.7 Å². The van der Waals surface area contributed by atoms with Crippen LogP contribution in [-0.2, 0) is 17.9 Å². The molecule has 0 atom stereocenters. The lowest BCUT2D eigenvalue weighted by Gasteiger charge is -2.35. The van der Waals surface area contributed by atoms with Crippen molar-refractivity contribution in [3.63, 3.8) is 0 Å². The van der Waals surface area contributed by atoms with Gasteiger partial charge in [0.1, 0.15) is 5.75 Å². The molecule has 1 saturated heterocycles. The van der Waals surface area contributed by atoms with Crippen molar-refractivity contribution < 1.29 is 9.53 Å². The van der Waals surface area contributed by atoms with E-state index in [1.807, 2.05) is 28.6 Å².